The smallest absolute Gasteiger partial charge is 0.308 e. The number of methoxy groups -OCH3 is 1. The summed E-state index contributed by atoms with van der Waals surface area (Å²) in [7, 11) is 1.55. The van der Waals surface area contributed by atoms with Crippen molar-refractivity contribution in [1.29, 1.82) is 0 Å². The number of ether oxygens (including phenoxy) is 3. The van der Waals surface area contributed by atoms with E-state index in [0.717, 1.165) is 11.1 Å². The van der Waals surface area contributed by atoms with Crippen LogP contribution in [0.25, 0.3) is 0 Å². The zero-order valence-corrected chi connectivity index (χ0v) is 15.6. The lowest BCUT2D eigenvalue weighted by molar-refractivity contribution is -0.141. The van der Waals surface area contributed by atoms with Crippen molar-refractivity contribution < 1.29 is 28.9 Å². The van der Waals surface area contributed by atoms with Crippen LogP contribution in [0.1, 0.15) is 11.1 Å². The fraction of sp³-hybridized carbons (Fsp3) is 0.333. The number of aliphatic carboxylic acids is 1. The number of carboxylic acids is 1. The van der Waals surface area contributed by atoms with Crippen LogP contribution < -0.4 is 19.5 Å². The molecule has 2 aromatic rings. The van der Waals surface area contributed by atoms with E-state index in [1.165, 1.54) is 0 Å². The molecule has 148 valence electrons. The number of hydrogen-bond donors (Lipinski definition) is 2. The number of benzene rings is 2. The summed E-state index contributed by atoms with van der Waals surface area (Å²) in [4.78, 5) is 23.9. The van der Waals surface area contributed by atoms with Crippen LogP contribution in [0.4, 0.5) is 0 Å². The minimum atomic E-state index is -0.967. The standard InChI is InChI=1S/C21H23NO6/c1-26-17-5-3-2-4-15(17)12-16(21(24)25)13-22-20(23)11-14-6-7-18-19(10-14)28-9-8-27-18/h2-7,10,16H,8-9,11-13H2,1H3,(H,22,23)(H,24,25). The fourth-order valence-electron chi connectivity index (χ4n) is 3.07. The van der Waals surface area contributed by atoms with E-state index in [2.05, 4.69) is 5.32 Å². The van der Waals surface area contributed by atoms with E-state index in [4.69, 9.17) is 14.2 Å². The zero-order valence-electron chi connectivity index (χ0n) is 15.6. The average molecular weight is 385 g/mol. The van der Waals surface area contributed by atoms with Gasteiger partial charge < -0.3 is 24.6 Å². The van der Waals surface area contributed by atoms with E-state index in [9.17, 15) is 14.7 Å². The van der Waals surface area contributed by atoms with Gasteiger partial charge in [0.25, 0.3) is 0 Å². The van der Waals surface area contributed by atoms with Gasteiger partial charge in [0.2, 0.25) is 5.91 Å². The molecular weight excluding hydrogens is 362 g/mol. The average Bonchev–Trinajstić information content (AvgIpc) is 2.71. The molecule has 1 aliphatic rings. The molecule has 0 aromatic heterocycles. The number of fused-ring (bicyclic) bond motifs is 1. The van der Waals surface area contributed by atoms with Crippen LogP contribution in [-0.2, 0) is 22.4 Å². The van der Waals surface area contributed by atoms with Gasteiger partial charge in [-0.3, -0.25) is 9.59 Å². The summed E-state index contributed by atoms with van der Waals surface area (Å²) >= 11 is 0. The van der Waals surface area contributed by atoms with E-state index in [0.29, 0.717) is 30.5 Å². The second kappa shape index (κ2) is 9.12. The van der Waals surface area contributed by atoms with Gasteiger partial charge in [-0.25, -0.2) is 0 Å². The molecule has 0 saturated carbocycles. The molecule has 7 nitrogen and oxygen atoms in total. The monoisotopic (exact) mass is 385 g/mol. The number of hydrogen-bond acceptors (Lipinski definition) is 5. The maximum atomic E-state index is 12.3. The van der Waals surface area contributed by atoms with Gasteiger partial charge >= 0.3 is 5.97 Å². The highest BCUT2D eigenvalue weighted by atomic mass is 16.6. The van der Waals surface area contributed by atoms with Crippen molar-refractivity contribution in [3.63, 3.8) is 0 Å². The molecule has 2 N–H and O–H groups in total. The first-order valence-electron chi connectivity index (χ1n) is 9.06. The van der Waals surface area contributed by atoms with Crippen LogP contribution >= 0.6 is 0 Å². The Hall–Kier alpha value is -3.22. The van der Waals surface area contributed by atoms with Crippen LogP contribution in [-0.4, -0.2) is 43.9 Å². The number of rotatable bonds is 8. The van der Waals surface area contributed by atoms with Crippen molar-refractivity contribution in [2.24, 2.45) is 5.92 Å². The van der Waals surface area contributed by atoms with Gasteiger partial charge in [0, 0.05) is 6.54 Å². The van der Waals surface area contributed by atoms with Crippen LogP contribution in [0.5, 0.6) is 17.2 Å². The molecule has 0 bridgehead atoms. The van der Waals surface area contributed by atoms with Crippen molar-refractivity contribution in [1.82, 2.24) is 5.32 Å². The summed E-state index contributed by atoms with van der Waals surface area (Å²) in [6, 6.07) is 12.6. The first kappa shape index (κ1) is 19.5. The third-order valence-corrected chi connectivity index (χ3v) is 4.52. The van der Waals surface area contributed by atoms with Gasteiger partial charge in [-0.05, 0) is 35.7 Å². The third kappa shape index (κ3) is 4.94. The second-order valence-corrected chi connectivity index (χ2v) is 6.51. The topological polar surface area (TPSA) is 94.1 Å². The Morgan fingerprint density at radius 1 is 1.14 bits per heavy atom. The van der Waals surface area contributed by atoms with Crippen LogP contribution in [0.2, 0.25) is 0 Å². The first-order chi connectivity index (χ1) is 13.6. The number of carboxylic acid groups (broad SMARTS) is 1. The Balaban J connectivity index is 1.57. The molecule has 0 radical (unpaired) electrons. The van der Waals surface area contributed by atoms with Crippen LogP contribution in [0, 0.1) is 5.92 Å². The number of amides is 1. The number of carbonyl (C=O) groups excluding carboxylic acids is 1. The van der Waals surface area contributed by atoms with E-state index in [-0.39, 0.29) is 25.3 Å². The summed E-state index contributed by atoms with van der Waals surface area (Å²) < 4.78 is 16.3. The van der Waals surface area contributed by atoms with E-state index >= 15 is 0 Å². The third-order valence-electron chi connectivity index (χ3n) is 4.52. The quantitative estimate of drug-likeness (QED) is 0.723. The van der Waals surface area contributed by atoms with E-state index in [1.54, 1.807) is 31.4 Å². The highest BCUT2D eigenvalue weighted by molar-refractivity contribution is 5.80. The Morgan fingerprint density at radius 2 is 1.89 bits per heavy atom. The Morgan fingerprint density at radius 3 is 2.64 bits per heavy atom. The molecule has 0 spiro atoms. The zero-order chi connectivity index (χ0) is 19.9. The molecule has 1 heterocycles. The molecule has 1 atom stereocenters. The SMILES string of the molecule is COc1ccccc1CC(CNC(=O)Cc1ccc2c(c1)OCCO2)C(=O)O. The molecule has 0 fully saturated rings. The largest absolute Gasteiger partial charge is 0.496 e. The van der Waals surface area contributed by atoms with Crippen LogP contribution in [0.15, 0.2) is 42.5 Å². The van der Waals surface area contributed by atoms with Gasteiger partial charge in [0.1, 0.15) is 19.0 Å². The summed E-state index contributed by atoms with van der Waals surface area (Å²) in [5, 5.41) is 12.2. The molecule has 1 aliphatic heterocycles. The summed E-state index contributed by atoms with van der Waals surface area (Å²) in [6.07, 6.45) is 0.404. The van der Waals surface area contributed by atoms with E-state index < -0.39 is 11.9 Å². The van der Waals surface area contributed by atoms with Gasteiger partial charge in [0.05, 0.1) is 19.4 Å². The maximum absolute atomic E-state index is 12.3. The molecule has 2 aromatic carbocycles. The van der Waals surface area contributed by atoms with E-state index in [1.807, 2.05) is 18.2 Å². The lowest BCUT2D eigenvalue weighted by Crippen LogP contribution is -2.35. The molecule has 28 heavy (non-hydrogen) atoms. The number of nitrogens with one attached hydrogen (secondary N) is 1. The minimum absolute atomic E-state index is 0.0385. The van der Waals surface area contributed by atoms with Crippen LogP contribution in [0.3, 0.4) is 0 Å². The van der Waals surface area contributed by atoms with Gasteiger partial charge in [-0.2, -0.15) is 0 Å². The second-order valence-electron chi connectivity index (χ2n) is 6.51. The Bertz CT molecular complexity index is 851. The van der Waals surface area contributed by atoms with Gasteiger partial charge in [-0.15, -0.1) is 0 Å². The lowest BCUT2D eigenvalue weighted by Gasteiger charge is -2.19. The predicted octanol–water partition coefficient (Wildman–Crippen LogP) is 2.07. The van der Waals surface area contributed by atoms with Crippen molar-refractivity contribution in [2.45, 2.75) is 12.8 Å². The minimum Gasteiger partial charge on any atom is -0.496 e. The molecule has 1 unspecified atom stereocenters. The predicted molar refractivity (Wildman–Crippen MR) is 102 cm³/mol. The fourth-order valence-corrected chi connectivity index (χ4v) is 3.07. The Labute approximate surface area is 163 Å². The molecule has 3 rings (SSSR count). The summed E-state index contributed by atoms with van der Waals surface area (Å²) in [5.74, 6) is -0.0420. The number of carbonyl (C=O) groups is 2. The highest BCUT2D eigenvalue weighted by Crippen LogP contribution is 2.30. The van der Waals surface area contributed by atoms with Gasteiger partial charge in [-0.1, -0.05) is 24.3 Å². The molecular formula is C21H23NO6. The normalized spacial score (nSPS) is 13.5. The van der Waals surface area contributed by atoms with Crippen molar-refractivity contribution in [2.75, 3.05) is 26.9 Å². The van der Waals surface area contributed by atoms with Gasteiger partial charge in [0.15, 0.2) is 11.5 Å². The molecule has 0 saturated heterocycles. The molecule has 7 heteroatoms. The highest BCUT2D eigenvalue weighted by Gasteiger charge is 2.21. The first-order valence-corrected chi connectivity index (χ1v) is 9.06. The molecule has 1 amide bonds. The van der Waals surface area contributed by atoms with Crippen molar-refractivity contribution in [3.05, 3.63) is 53.6 Å². The molecule has 0 aliphatic carbocycles. The van der Waals surface area contributed by atoms with Crippen molar-refractivity contribution >= 4 is 11.9 Å². The van der Waals surface area contributed by atoms with Crippen molar-refractivity contribution in [3.8, 4) is 17.2 Å². The Kier molecular flexibility index (Phi) is 6.37. The summed E-state index contributed by atoms with van der Waals surface area (Å²) in [6.45, 7) is 1.03. The summed E-state index contributed by atoms with van der Waals surface area (Å²) in [5.41, 5.74) is 1.57. The maximum Gasteiger partial charge on any atom is 0.308 e. The number of para-hydroxylation sites is 1. The lowest BCUT2D eigenvalue weighted by atomic mass is 9.98.